The SMILES string of the molecule is CC(C)(C)/C=C(/Cc1ccccc1)[Si](C)(C)C. The van der Waals surface area contributed by atoms with Gasteiger partial charge < -0.3 is 0 Å². The molecule has 0 N–H and O–H groups in total. The second kappa shape index (κ2) is 5.22. The summed E-state index contributed by atoms with van der Waals surface area (Å²) in [6, 6.07) is 10.8. The maximum atomic E-state index is 2.49. The van der Waals surface area contributed by atoms with Crippen LogP contribution in [0.15, 0.2) is 41.6 Å². The van der Waals surface area contributed by atoms with E-state index in [1.807, 2.05) is 0 Å². The third-order valence-corrected chi connectivity index (χ3v) is 5.06. The Balaban J connectivity index is 2.99. The van der Waals surface area contributed by atoms with Crippen LogP contribution in [0, 0.1) is 5.41 Å². The van der Waals surface area contributed by atoms with Crippen LogP contribution in [-0.4, -0.2) is 8.07 Å². The smallest absolute Gasteiger partial charge is 0.0724 e. The van der Waals surface area contributed by atoms with Gasteiger partial charge in [-0.15, -0.1) is 0 Å². The molecule has 0 aliphatic heterocycles. The van der Waals surface area contributed by atoms with Crippen LogP contribution in [0.2, 0.25) is 19.6 Å². The Morgan fingerprint density at radius 3 is 2.00 bits per heavy atom. The van der Waals surface area contributed by atoms with Gasteiger partial charge in [-0.2, -0.15) is 0 Å². The quantitative estimate of drug-likeness (QED) is 0.653. The first kappa shape index (κ1) is 14.2. The van der Waals surface area contributed by atoms with Gasteiger partial charge in [-0.25, -0.2) is 0 Å². The van der Waals surface area contributed by atoms with Crippen molar-refractivity contribution < 1.29 is 0 Å². The molecule has 0 aliphatic rings. The van der Waals surface area contributed by atoms with E-state index in [-0.39, 0.29) is 5.41 Å². The molecule has 0 unspecified atom stereocenters. The predicted octanol–water partition coefficient (Wildman–Crippen LogP) is 5.08. The lowest BCUT2D eigenvalue weighted by Crippen LogP contribution is -2.27. The van der Waals surface area contributed by atoms with Crippen LogP contribution >= 0.6 is 0 Å². The molecule has 94 valence electrons. The van der Waals surface area contributed by atoms with Crippen LogP contribution in [0.5, 0.6) is 0 Å². The topological polar surface area (TPSA) is 0 Å². The minimum Gasteiger partial charge on any atom is -0.0834 e. The molecular formula is C16H26Si. The van der Waals surface area contributed by atoms with Crippen molar-refractivity contribution in [3.8, 4) is 0 Å². The lowest BCUT2D eigenvalue weighted by Gasteiger charge is -2.25. The first-order valence-electron chi connectivity index (χ1n) is 6.45. The fraction of sp³-hybridized carbons (Fsp3) is 0.500. The van der Waals surface area contributed by atoms with Crippen LogP contribution < -0.4 is 0 Å². The summed E-state index contributed by atoms with van der Waals surface area (Å²) in [5.41, 5.74) is 1.72. The highest BCUT2D eigenvalue weighted by Gasteiger charge is 2.22. The van der Waals surface area contributed by atoms with E-state index in [1.165, 1.54) is 5.56 Å². The zero-order valence-electron chi connectivity index (χ0n) is 12.2. The average molecular weight is 246 g/mol. The molecule has 0 amide bonds. The third kappa shape index (κ3) is 5.36. The Hall–Kier alpha value is -0.823. The van der Waals surface area contributed by atoms with Crippen LogP contribution in [0.3, 0.4) is 0 Å². The molecule has 0 bridgehead atoms. The minimum absolute atomic E-state index is 0.282. The normalized spacial score (nSPS) is 13.9. The summed E-state index contributed by atoms with van der Waals surface area (Å²) in [4.78, 5) is 0. The molecule has 1 aromatic carbocycles. The van der Waals surface area contributed by atoms with Gasteiger partial charge >= 0.3 is 0 Å². The van der Waals surface area contributed by atoms with Gasteiger partial charge in [0.2, 0.25) is 0 Å². The monoisotopic (exact) mass is 246 g/mol. The van der Waals surface area contributed by atoms with Crippen LogP contribution in [-0.2, 0) is 6.42 Å². The molecule has 0 spiro atoms. The molecule has 0 saturated carbocycles. The Bertz CT molecular complexity index is 374. The summed E-state index contributed by atoms with van der Waals surface area (Å²) in [6.45, 7) is 14.2. The summed E-state index contributed by atoms with van der Waals surface area (Å²) >= 11 is 0. The number of allylic oxidation sites excluding steroid dienone is 2. The van der Waals surface area contributed by atoms with Crippen molar-refractivity contribution in [1.29, 1.82) is 0 Å². The summed E-state index contributed by atoms with van der Waals surface area (Å²) in [5, 5.41) is 1.66. The summed E-state index contributed by atoms with van der Waals surface area (Å²) in [5.74, 6) is 0. The van der Waals surface area contributed by atoms with Crippen molar-refractivity contribution in [2.24, 2.45) is 5.41 Å². The van der Waals surface area contributed by atoms with Crippen LogP contribution in [0.1, 0.15) is 26.3 Å². The molecule has 0 aliphatic carbocycles. The van der Waals surface area contributed by atoms with Gasteiger partial charge in [-0.3, -0.25) is 0 Å². The Morgan fingerprint density at radius 2 is 1.59 bits per heavy atom. The standard InChI is InChI=1S/C16H26Si/c1-16(2,3)13-15(17(4,5)6)12-14-10-8-7-9-11-14/h7-11,13H,12H2,1-6H3/b15-13-. The number of benzene rings is 1. The van der Waals surface area contributed by atoms with Gasteiger partial charge in [0.1, 0.15) is 0 Å². The second-order valence-electron chi connectivity index (χ2n) is 6.95. The molecule has 17 heavy (non-hydrogen) atoms. The fourth-order valence-corrected chi connectivity index (χ4v) is 3.47. The van der Waals surface area contributed by atoms with Gasteiger partial charge in [-0.05, 0) is 17.4 Å². The highest BCUT2D eigenvalue weighted by atomic mass is 28.3. The van der Waals surface area contributed by atoms with Gasteiger partial charge in [0.05, 0.1) is 8.07 Å². The molecule has 0 aromatic heterocycles. The average Bonchev–Trinajstić information content (AvgIpc) is 2.15. The zero-order chi connectivity index (χ0) is 13.1. The molecule has 1 aromatic rings. The fourth-order valence-electron chi connectivity index (χ4n) is 1.87. The van der Waals surface area contributed by atoms with E-state index in [0.717, 1.165) is 6.42 Å². The van der Waals surface area contributed by atoms with E-state index in [2.05, 4.69) is 76.8 Å². The van der Waals surface area contributed by atoms with Gasteiger partial charge in [0.15, 0.2) is 0 Å². The zero-order valence-corrected chi connectivity index (χ0v) is 13.2. The van der Waals surface area contributed by atoms with Crippen molar-refractivity contribution in [3.63, 3.8) is 0 Å². The maximum Gasteiger partial charge on any atom is 0.0724 e. The third-order valence-electron chi connectivity index (χ3n) is 2.81. The maximum absolute atomic E-state index is 2.49. The summed E-state index contributed by atoms with van der Waals surface area (Å²) in [7, 11) is -1.22. The van der Waals surface area contributed by atoms with E-state index in [0.29, 0.717) is 0 Å². The van der Waals surface area contributed by atoms with Crippen LogP contribution in [0.4, 0.5) is 0 Å². The van der Waals surface area contributed by atoms with E-state index in [4.69, 9.17) is 0 Å². The Morgan fingerprint density at radius 1 is 1.06 bits per heavy atom. The first-order chi connectivity index (χ1) is 7.68. The number of hydrogen-bond acceptors (Lipinski definition) is 0. The molecule has 1 heteroatoms. The van der Waals surface area contributed by atoms with Crippen molar-refractivity contribution in [2.75, 3.05) is 0 Å². The number of rotatable bonds is 3. The number of hydrogen-bond donors (Lipinski definition) is 0. The van der Waals surface area contributed by atoms with E-state index >= 15 is 0 Å². The van der Waals surface area contributed by atoms with Crippen molar-refractivity contribution in [2.45, 2.75) is 46.8 Å². The van der Waals surface area contributed by atoms with Crippen molar-refractivity contribution in [3.05, 3.63) is 47.2 Å². The van der Waals surface area contributed by atoms with Crippen LogP contribution in [0.25, 0.3) is 0 Å². The predicted molar refractivity (Wildman–Crippen MR) is 81.0 cm³/mol. The van der Waals surface area contributed by atoms with Crippen molar-refractivity contribution >= 4 is 8.07 Å². The molecular weight excluding hydrogens is 220 g/mol. The van der Waals surface area contributed by atoms with E-state index in [9.17, 15) is 0 Å². The molecule has 0 atom stereocenters. The van der Waals surface area contributed by atoms with Crippen molar-refractivity contribution in [1.82, 2.24) is 0 Å². The van der Waals surface area contributed by atoms with Gasteiger partial charge in [0, 0.05) is 0 Å². The highest BCUT2D eigenvalue weighted by molar-refractivity contribution is 6.83. The van der Waals surface area contributed by atoms with E-state index < -0.39 is 8.07 Å². The Kier molecular flexibility index (Phi) is 4.37. The van der Waals surface area contributed by atoms with E-state index in [1.54, 1.807) is 5.20 Å². The van der Waals surface area contributed by atoms with Gasteiger partial charge in [-0.1, -0.05) is 82.0 Å². The molecule has 1 rings (SSSR count). The summed E-state index contributed by atoms with van der Waals surface area (Å²) < 4.78 is 0. The molecule has 0 radical (unpaired) electrons. The summed E-state index contributed by atoms with van der Waals surface area (Å²) in [6.07, 6.45) is 3.61. The van der Waals surface area contributed by atoms with Gasteiger partial charge in [0.25, 0.3) is 0 Å². The molecule has 0 heterocycles. The minimum atomic E-state index is -1.22. The second-order valence-corrected chi connectivity index (χ2v) is 12.1. The lowest BCUT2D eigenvalue weighted by molar-refractivity contribution is 0.541. The largest absolute Gasteiger partial charge is 0.0834 e. The lowest BCUT2D eigenvalue weighted by atomic mass is 9.95. The molecule has 0 nitrogen and oxygen atoms in total. The highest BCUT2D eigenvalue weighted by Crippen LogP contribution is 2.26. The first-order valence-corrected chi connectivity index (χ1v) is 9.95. The molecule has 0 fully saturated rings. The molecule has 0 saturated heterocycles. The Labute approximate surface area is 108 Å².